The minimum absolute atomic E-state index is 0.0421. The van der Waals surface area contributed by atoms with Crippen molar-refractivity contribution in [2.45, 2.75) is 33.7 Å². The summed E-state index contributed by atoms with van der Waals surface area (Å²) in [6.45, 7) is 10.7. The summed E-state index contributed by atoms with van der Waals surface area (Å²) in [6, 6.07) is 17.8. The van der Waals surface area contributed by atoms with Gasteiger partial charge in [0.1, 0.15) is 19.0 Å². The second-order valence-electron chi connectivity index (χ2n) is 9.56. The zero-order chi connectivity index (χ0) is 27.0. The van der Waals surface area contributed by atoms with Crippen molar-refractivity contribution >= 4 is 28.8 Å². The summed E-state index contributed by atoms with van der Waals surface area (Å²) < 4.78 is 11.3. The van der Waals surface area contributed by atoms with Crippen LogP contribution in [0.4, 0.5) is 11.4 Å². The Balaban J connectivity index is 1.67. The van der Waals surface area contributed by atoms with E-state index < -0.39 is 17.7 Å². The number of carbonyl (C=O) groups excluding carboxylic acids is 2. The number of carbonyl (C=O) groups is 2. The number of Topliss-reactive ketones (excluding diaryl/α,β-unsaturated/α-hetero) is 1. The van der Waals surface area contributed by atoms with E-state index in [9.17, 15) is 14.7 Å². The molecule has 2 aliphatic heterocycles. The summed E-state index contributed by atoms with van der Waals surface area (Å²) in [5.74, 6) is -0.584. The Morgan fingerprint density at radius 2 is 1.58 bits per heavy atom. The predicted octanol–water partition coefficient (Wildman–Crippen LogP) is 5.55. The number of rotatable bonds is 6. The largest absolute Gasteiger partial charge is 0.507 e. The number of hydrogen-bond donors (Lipinski definition) is 1. The van der Waals surface area contributed by atoms with Crippen LogP contribution in [0.2, 0.25) is 0 Å². The predicted molar refractivity (Wildman–Crippen MR) is 148 cm³/mol. The lowest BCUT2D eigenvalue weighted by atomic mass is 9.94. The van der Waals surface area contributed by atoms with Gasteiger partial charge in [0.05, 0.1) is 11.6 Å². The van der Waals surface area contributed by atoms with Crippen molar-refractivity contribution in [2.24, 2.45) is 0 Å². The molecule has 3 aromatic rings. The lowest BCUT2D eigenvalue weighted by Gasteiger charge is -2.27. The average Bonchev–Trinajstić information content (AvgIpc) is 3.20. The number of benzene rings is 3. The lowest BCUT2D eigenvalue weighted by Crippen LogP contribution is -2.29. The van der Waals surface area contributed by atoms with E-state index in [4.69, 9.17) is 9.47 Å². The number of aryl methyl sites for hydroxylation is 2. The van der Waals surface area contributed by atoms with E-state index in [0.717, 1.165) is 35.5 Å². The molecule has 38 heavy (non-hydrogen) atoms. The molecule has 1 atom stereocenters. The first-order valence-corrected chi connectivity index (χ1v) is 13.0. The molecule has 2 heterocycles. The second-order valence-corrected chi connectivity index (χ2v) is 9.56. The van der Waals surface area contributed by atoms with E-state index in [0.29, 0.717) is 36.0 Å². The molecule has 1 fully saturated rings. The van der Waals surface area contributed by atoms with Gasteiger partial charge in [0.2, 0.25) is 0 Å². The molecule has 3 aromatic carbocycles. The molecular formula is C31H32N2O5. The number of fused-ring (bicyclic) bond motifs is 1. The van der Waals surface area contributed by atoms with E-state index in [1.54, 1.807) is 18.2 Å². The normalized spacial score (nSPS) is 18.1. The molecule has 1 saturated heterocycles. The monoisotopic (exact) mass is 512 g/mol. The van der Waals surface area contributed by atoms with Crippen molar-refractivity contribution in [3.63, 3.8) is 0 Å². The van der Waals surface area contributed by atoms with Crippen LogP contribution in [0.5, 0.6) is 11.5 Å². The fourth-order valence-electron chi connectivity index (χ4n) is 5.09. The molecule has 196 valence electrons. The highest BCUT2D eigenvalue weighted by Gasteiger charge is 2.47. The van der Waals surface area contributed by atoms with Crippen LogP contribution < -0.4 is 19.3 Å². The molecule has 2 aliphatic rings. The smallest absolute Gasteiger partial charge is 0.300 e. The Hall–Kier alpha value is -4.26. The molecule has 1 N–H and O–H groups in total. The van der Waals surface area contributed by atoms with Gasteiger partial charge in [0.25, 0.3) is 11.7 Å². The quantitative estimate of drug-likeness (QED) is 0.265. The van der Waals surface area contributed by atoms with Gasteiger partial charge >= 0.3 is 0 Å². The second kappa shape index (κ2) is 10.2. The van der Waals surface area contributed by atoms with Crippen LogP contribution in [0.15, 0.2) is 66.2 Å². The maximum absolute atomic E-state index is 13.5. The minimum Gasteiger partial charge on any atom is -0.507 e. The third kappa shape index (κ3) is 4.38. The van der Waals surface area contributed by atoms with Crippen molar-refractivity contribution < 1.29 is 24.2 Å². The SMILES string of the molecule is CCN(CC)c1ccc(C2/C(=C(/O)c3ccc4c(c3)OCCO4)C(=O)C(=O)N2c2ccc(C)c(C)c2)cc1. The van der Waals surface area contributed by atoms with Crippen LogP contribution in [0.1, 0.15) is 42.1 Å². The van der Waals surface area contributed by atoms with Crippen molar-refractivity contribution in [3.8, 4) is 11.5 Å². The maximum atomic E-state index is 13.5. The standard InChI is InChI=1S/C31H32N2O5/c1-5-32(6-2)23-12-8-21(9-13-23)28-27(29(34)22-10-14-25-26(18-22)38-16-15-37-25)30(35)31(36)33(28)24-11-7-19(3)20(4)17-24/h7-14,17-18,28,34H,5-6,15-16H2,1-4H3/b29-27-. The van der Waals surface area contributed by atoms with Crippen LogP contribution in [0.3, 0.4) is 0 Å². The number of aliphatic hydroxyl groups is 1. The Morgan fingerprint density at radius 1 is 0.895 bits per heavy atom. The number of amides is 1. The summed E-state index contributed by atoms with van der Waals surface area (Å²) in [6.07, 6.45) is 0. The molecule has 0 bridgehead atoms. The summed E-state index contributed by atoms with van der Waals surface area (Å²) >= 11 is 0. The molecule has 0 radical (unpaired) electrons. The zero-order valence-electron chi connectivity index (χ0n) is 22.2. The molecule has 7 heteroatoms. The summed E-state index contributed by atoms with van der Waals surface area (Å²) in [7, 11) is 0. The van der Waals surface area contributed by atoms with Gasteiger partial charge in [-0.15, -0.1) is 0 Å². The molecule has 1 amide bonds. The Morgan fingerprint density at radius 3 is 2.24 bits per heavy atom. The molecule has 0 aliphatic carbocycles. The third-order valence-electron chi connectivity index (χ3n) is 7.37. The highest BCUT2D eigenvalue weighted by atomic mass is 16.6. The molecule has 0 aromatic heterocycles. The zero-order valence-corrected chi connectivity index (χ0v) is 22.2. The number of anilines is 2. The lowest BCUT2D eigenvalue weighted by molar-refractivity contribution is -0.132. The Kier molecular flexibility index (Phi) is 6.85. The van der Waals surface area contributed by atoms with Crippen LogP contribution in [-0.2, 0) is 9.59 Å². The molecular weight excluding hydrogens is 480 g/mol. The Bertz CT molecular complexity index is 1420. The van der Waals surface area contributed by atoms with Gasteiger partial charge in [0, 0.05) is 30.0 Å². The molecule has 1 unspecified atom stereocenters. The van der Waals surface area contributed by atoms with Gasteiger partial charge in [-0.25, -0.2) is 0 Å². The van der Waals surface area contributed by atoms with Gasteiger partial charge in [-0.3, -0.25) is 14.5 Å². The van der Waals surface area contributed by atoms with E-state index in [-0.39, 0.29) is 11.3 Å². The van der Waals surface area contributed by atoms with Gasteiger partial charge in [-0.1, -0.05) is 18.2 Å². The van der Waals surface area contributed by atoms with Gasteiger partial charge in [0.15, 0.2) is 11.5 Å². The van der Waals surface area contributed by atoms with Crippen molar-refractivity contribution in [2.75, 3.05) is 36.1 Å². The number of aliphatic hydroxyl groups excluding tert-OH is 1. The van der Waals surface area contributed by atoms with E-state index in [2.05, 4.69) is 18.7 Å². The molecule has 7 nitrogen and oxygen atoms in total. The first-order chi connectivity index (χ1) is 18.3. The van der Waals surface area contributed by atoms with E-state index in [1.807, 2.05) is 56.3 Å². The first kappa shape index (κ1) is 25.4. The van der Waals surface area contributed by atoms with Crippen LogP contribution in [-0.4, -0.2) is 43.1 Å². The maximum Gasteiger partial charge on any atom is 0.300 e. The number of ketones is 1. The van der Waals surface area contributed by atoms with Gasteiger partial charge in [-0.05, 0) is 86.8 Å². The van der Waals surface area contributed by atoms with Crippen LogP contribution in [0.25, 0.3) is 5.76 Å². The Labute approximate surface area is 222 Å². The minimum atomic E-state index is -0.795. The van der Waals surface area contributed by atoms with E-state index in [1.165, 1.54) is 4.90 Å². The number of nitrogens with zero attached hydrogens (tertiary/aromatic N) is 2. The van der Waals surface area contributed by atoms with Crippen molar-refractivity contribution in [1.29, 1.82) is 0 Å². The van der Waals surface area contributed by atoms with Crippen molar-refractivity contribution in [3.05, 3.63) is 88.5 Å². The summed E-state index contributed by atoms with van der Waals surface area (Å²) in [5, 5.41) is 11.5. The number of ether oxygens (including phenoxy) is 2. The fourth-order valence-corrected chi connectivity index (χ4v) is 5.09. The fraction of sp³-hybridized carbons (Fsp3) is 0.290. The van der Waals surface area contributed by atoms with Gasteiger partial charge < -0.3 is 19.5 Å². The summed E-state index contributed by atoms with van der Waals surface area (Å²) in [4.78, 5) is 30.7. The molecule has 0 saturated carbocycles. The third-order valence-corrected chi connectivity index (χ3v) is 7.37. The van der Waals surface area contributed by atoms with Crippen molar-refractivity contribution in [1.82, 2.24) is 0 Å². The van der Waals surface area contributed by atoms with Crippen LogP contribution >= 0.6 is 0 Å². The summed E-state index contributed by atoms with van der Waals surface area (Å²) in [5.41, 5.74) is 4.91. The highest BCUT2D eigenvalue weighted by Crippen LogP contribution is 2.44. The first-order valence-electron chi connectivity index (χ1n) is 13.0. The average molecular weight is 513 g/mol. The topological polar surface area (TPSA) is 79.3 Å². The van der Waals surface area contributed by atoms with Crippen LogP contribution in [0, 0.1) is 13.8 Å². The van der Waals surface area contributed by atoms with Gasteiger partial charge in [-0.2, -0.15) is 0 Å². The number of hydrogen-bond acceptors (Lipinski definition) is 6. The highest BCUT2D eigenvalue weighted by molar-refractivity contribution is 6.51. The molecule has 0 spiro atoms. The van der Waals surface area contributed by atoms with E-state index >= 15 is 0 Å². The molecule has 5 rings (SSSR count).